The van der Waals surface area contributed by atoms with Crippen molar-refractivity contribution < 1.29 is 14.7 Å². The molecule has 2 aromatic carbocycles. The summed E-state index contributed by atoms with van der Waals surface area (Å²) in [6, 6.07) is 20.0. The zero-order chi connectivity index (χ0) is 23.2. The molecule has 0 spiro atoms. The minimum absolute atomic E-state index is 0.0919. The highest BCUT2D eigenvalue weighted by Crippen LogP contribution is 2.22. The van der Waals surface area contributed by atoms with Gasteiger partial charge in [0, 0.05) is 17.4 Å². The lowest BCUT2D eigenvalue weighted by Crippen LogP contribution is -2.37. The minimum atomic E-state index is -0.315. The third-order valence-corrected chi connectivity index (χ3v) is 5.36. The van der Waals surface area contributed by atoms with Gasteiger partial charge in [-0.25, -0.2) is 0 Å². The smallest absolute Gasteiger partial charge is 0.255 e. The highest BCUT2D eigenvalue weighted by molar-refractivity contribution is 6.00. The van der Waals surface area contributed by atoms with Gasteiger partial charge in [-0.3, -0.25) is 14.0 Å². The highest BCUT2D eigenvalue weighted by Gasteiger charge is 2.18. The number of aliphatic hydroxyl groups excluding tert-OH is 1. The molecule has 0 saturated carbocycles. The molecule has 4 rings (SSSR count). The van der Waals surface area contributed by atoms with E-state index in [1.165, 1.54) is 0 Å². The number of carbonyl (C=O) groups excluding carboxylic acids is 2. The summed E-state index contributed by atoms with van der Waals surface area (Å²) in [5.41, 5.74) is 3.24. The van der Waals surface area contributed by atoms with Crippen molar-refractivity contribution in [2.75, 3.05) is 11.9 Å². The van der Waals surface area contributed by atoms with E-state index >= 15 is 0 Å². The van der Waals surface area contributed by atoms with Crippen molar-refractivity contribution in [3.63, 3.8) is 0 Å². The van der Waals surface area contributed by atoms with E-state index in [1.54, 1.807) is 22.7 Å². The Labute approximate surface area is 191 Å². The van der Waals surface area contributed by atoms with E-state index in [4.69, 9.17) is 0 Å². The number of hydrogen-bond acceptors (Lipinski definition) is 5. The minimum Gasteiger partial charge on any atom is -0.394 e. The second-order valence-corrected chi connectivity index (χ2v) is 7.69. The summed E-state index contributed by atoms with van der Waals surface area (Å²) in [5, 5.41) is 23.6. The van der Waals surface area contributed by atoms with Crippen LogP contribution in [0.5, 0.6) is 0 Å². The van der Waals surface area contributed by atoms with Crippen molar-refractivity contribution in [1.82, 2.24) is 19.9 Å². The van der Waals surface area contributed by atoms with Crippen LogP contribution < -0.4 is 10.6 Å². The number of nitrogens with one attached hydrogen (secondary N) is 2. The first kappa shape index (κ1) is 22.2. The molecule has 168 valence electrons. The number of carbonyl (C=O) groups is 2. The van der Waals surface area contributed by atoms with Gasteiger partial charge in [-0.1, -0.05) is 37.3 Å². The van der Waals surface area contributed by atoms with Crippen molar-refractivity contribution in [3.8, 4) is 11.4 Å². The number of aromatic nitrogens is 3. The first-order chi connectivity index (χ1) is 16.1. The van der Waals surface area contributed by atoms with Crippen LogP contribution in [0.25, 0.3) is 17.0 Å². The van der Waals surface area contributed by atoms with Crippen molar-refractivity contribution in [2.24, 2.45) is 0 Å². The fourth-order valence-corrected chi connectivity index (χ4v) is 3.52. The Morgan fingerprint density at radius 1 is 1.00 bits per heavy atom. The molecule has 0 aliphatic heterocycles. The van der Waals surface area contributed by atoms with Crippen molar-refractivity contribution >= 4 is 23.1 Å². The molecule has 2 heterocycles. The maximum Gasteiger partial charge on any atom is 0.255 e. The summed E-state index contributed by atoms with van der Waals surface area (Å²) >= 11 is 0. The van der Waals surface area contributed by atoms with Crippen LogP contribution in [0.3, 0.4) is 0 Å². The zero-order valence-electron chi connectivity index (χ0n) is 18.2. The molecule has 3 N–H and O–H groups in total. The summed E-state index contributed by atoms with van der Waals surface area (Å²) in [6.45, 7) is 1.77. The maximum absolute atomic E-state index is 12.7. The molecule has 1 atom stereocenters. The Bertz CT molecular complexity index is 1250. The molecule has 2 aromatic heterocycles. The molecular formula is C25H25N5O3. The number of hydrogen-bond donors (Lipinski definition) is 3. The summed E-state index contributed by atoms with van der Waals surface area (Å²) in [7, 11) is 0. The molecule has 4 aromatic rings. The summed E-state index contributed by atoms with van der Waals surface area (Å²) < 4.78 is 1.75. The van der Waals surface area contributed by atoms with Crippen molar-refractivity contribution in [3.05, 3.63) is 84.1 Å². The normalized spacial score (nSPS) is 11.8. The number of benzene rings is 2. The topological polar surface area (TPSA) is 109 Å². The van der Waals surface area contributed by atoms with E-state index in [1.807, 2.05) is 61.5 Å². The molecule has 0 radical (unpaired) electrons. The first-order valence-electron chi connectivity index (χ1n) is 10.8. The molecular weight excluding hydrogens is 418 g/mol. The van der Waals surface area contributed by atoms with Gasteiger partial charge in [-0.15, -0.1) is 10.2 Å². The average Bonchev–Trinajstić information content (AvgIpc) is 3.27. The second kappa shape index (κ2) is 10.1. The van der Waals surface area contributed by atoms with Crippen LogP contribution in [0.2, 0.25) is 0 Å². The number of pyridine rings is 1. The van der Waals surface area contributed by atoms with Crippen LogP contribution in [0, 0.1) is 0 Å². The standard InChI is InChI=1S/C25H25N5O3/c1-2-19(16-31)27-25(33)21-9-6-14-30-23(28-29-24(21)30)18-10-12-20(13-11-18)26-22(32)15-17-7-4-3-5-8-17/h3-14,19,31H,2,15-16H2,1H3,(H,26,32)(H,27,33)/t19-/m0/s1. The SMILES string of the molecule is CC[C@@H](CO)NC(=O)c1cccn2c(-c3ccc(NC(=O)Cc4ccccc4)cc3)nnc12. The number of rotatable bonds is 8. The molecule has 0 aliphatic rings. The summed E-state index contributed by atoms with van der Waals surface area (Å²) in [6.07, 6.45) is 2.72. The number of anilines is 1. The Balaban J connectivity index is 1.51. The van der Waals surface area contributed by atoms with Crippen LogP contribution in [0.15, 0.2) is 72.9 Å². The lowest BCUT2D eigenvalue weighted by atomic mass is 10.1. The van der Waals surface area contributed by atoms with E-state index in [0.29, 0.717) is 35.6 Å². The van der Waals surface area contributed by atoms with Crippen LogP contribution in [0.1, 0.15) is 29.3 Å². The second-order valence-electron chi connectivity index (χ2n) is 7.69. The van der Waals surface area contributed by atoms with Gasteiger partial charge in [-0.05, 0) is 48.4 Å². The van der Waals surface area contributed by atoms with Gasteiger partial charge in [-0.2, -0.15) is 0 Å². The van der Waals surface area contributed by atoms with Gasteiger partial charge in [0.2, 0.25) is 5.91 Å². The lowest BCUT2D eigenvalue weighted by molar-refractivity contribution is -0.115. The molecule has 33 heavy (non-hydrogen) atoms. The van der Waals surface area contributed by atoms with Gasteiger partial charge in [0.15, 0.2) is 11.5 Å². The summed E-state index contributed by atoms with van der Waals surface area (Å²) in [5.74, 6) is 0.179. The van der Waals surface area contributed by atoms with Gasteiger partial charge < -0.3 is 15.7 Å². The molecule has 0 aliphatic carbocycles. The van der Waals surface area contributed by atoms with Crippen LogP contribution in [0.4, 0.5) is 5.69 Å². The molecule has 2 amide bonds. The predicted octanol–water partition coefficient (Wildman–Crippen LogP) is 3.08. The number of amides is 2. The quantitative estimate of drug-likeness (QED) is 0.388. The van der Waals surface area contributed by atoms with E-state index in [-0.39, 0.29) is 24.5 Å². The van der Waals surface area contributed by atoms with Gasteiger partial charge in [0.25, 0.3) is 5.91 Å². The predicted molar refractivity (Wildman–Crippen MR) is 126 cm³/mol. The fraction of sp³-hybridized carbons (Fsp3) is 0.200. The molecule has 0 unspecified atom stereocenters. The largest absolute Gasteiger partial charge is 0.394 e. The van der Waals surface area contributed by atoms with Gasteiger partial charge >= 0.3 is 0 Å². The molecule has 8 heteroatoms. The van der Waals surface area contributed by atoms with E-state index in [9.17, 15) is 14.7 Å². The van der Waals surface area contributed by atoms with Crippen LogP contribution in [-0.2, 0) is 11.2 Å². The van der Waals surface area contributed by atoms with E-state index in [0.717, 1.165) is 11.1 Å². The molecule has 0 bridgehead atoms. The van der Waals surface area contributed by atoms with Gasteiger partial charge in [0.05, 0.1) is 24.6 Å². The van der Waals surface area contributed by atoms with Crippen molar-refractivity contribution in [1.29, 1.82) is 0 Å². The molecule has 0 fully saturated rings. The Kier molecular flexibility index (Phi) is 6.75. The number of fused-ring (bicyclic) bond motifs is 1. The van der Waals surface area contributed by atoms with Crippen LogP contribution >= 0.6 is 0 Å². The highest BCUT2D eigenvalue weighted by atomic mass is 16.3. The lowest BCUT2D eigenvalue weighted by Gasteiger charge is -2.14. The van der Waals surface area contributed by atoms with Crippen LogP contribution in [-0.4, -0.2) is 44.2 Å². The van der Waals surface area contributed by atoms with Crippen molar-refractivity contribution in [2.45, 2.75) is 25.8 Å². The number of aliphatic hydroxyl groups is 1. The Morgan fingerprint density at radius 2 is 1.76 bits per heavy atom. The first-order valence-corrected chi connectivity index (χ1v) is 10.8. The molecule has 8 nitrogen and oxygen atoms in total. The van der Waals surface area contributed by atoms with Gasteiger partial charge in [0.1, 0.15) is 0 Å². The van der Waals surface area contributed by atoms with E-state index < -0.39 is 0 Å². The van der Waals surface area contributed by atoms with E-state index in [2.05, 4.69) is 20.8 Å². The fourth-order valence-electron chi connectivity index (χ4n) is 3.52. The third-order valence-electron chi connectivity index (χ3n) is 5.36. The molecule has 0 saturated heterocycles. The summed E-state index contributed by atoms with van der Waals surface area (Å²) in [4.78, 5) is 25.0. The third kappa shape index (κ3) is 5.07. The maximum atomic E-state index is 12.7. The Morgan fingerprint density at radius 3 is 2.45 bits per heavy atom. The number of nitrogens with zero attached hydrogens (tertiary/aromatic N) is 3. The monoisotopic (exact) mass is 443 g/mol. The zero-order valence-corrected chi connectivity index (χ0v) is 18.2. The Hall–Kier alpha value is -4.04. The average molecular weight is 444 g/mol.